The molecule has 2 aromatic heterocycles. The molecule has 0 radical (unpaired) electrons. The zero-order valence-electron chi connectivity index (χ0n) is 13.6. The van der Waals surface area contributed by atoms with Crippen molar-refractivity contribution >= 4 is 11.6 Å². The number of carbonyl (C=O) groups excluding carboxylic acids is 1. The van der Waals surface area contributed by atoms with E-state index in [0.29, 0.717) is 12.6 Å². The first-order valence-corrected chi connectivity index (χ1v) is 8.01. The quantitative estimate of drug-likeness (QED) is 0.862. The number of piperidine rings is 1. The van der Waals surface area contributed by atoms with Crippen molar-refractivity contribution in [3.8, 4) is 0 Å². The van der Waals surface area contributed by atoms with Crippen LogP contribution in [0.1, 0.15) is 30.7 Å². The lowest BCUT2D eigenvalue weighted by Crippen LogP contribution is -2.46. The Hall–Kier alpha value is -2.22. The van der Waals surface area contributed by atoms with E-state index in [4.69, 9.17) is 0 Å². The molecule has 1 atom stereocenters. The van der Waals surface area contributed by atoms with Crippen LogP contribution in [0.4, 0.5) is 5.69 Å². The second kappa shape index (κ2) is 6.91. The Morgan fingerprint density at radius 3 is 3.00 bits per heavy atom. The molecule has 1 amide bonds. The first kappa shape index (κ1) is 15.7. The molecule has 23 heavy (non-hydrogen) atoms. The molecule has 0 unspecified atom stereocenters. The number of nitrogens with zero attached hydrogens (tertiary/aromatic N) is 5. The highest BCUT2D eigenvalue weighted by Crippen LogP contribution is 2.19. The van der Waals surface area contributed by atoms with Gasteiger partial charge in [-0.2, -0.15) is 10.2 Å². The van der Waals surface area contributed by atoms with Crippen molar-refractivity contribution < 1.29 is 4.79 Å². The van der Waals surface area contributed by atoms with Gasteiger partial charge in [0.25, 0.3) is 0 Å². The summed E-state index contributed by atoms with van der Waals surface area (Å²) in [6.45, 7) is 5.90. The third-order valence-electron chi connectivity index (χ3n) is 4.35. The number of H-pyrrole nitrogens is 1. The van der Waals surface area contributed by atoms with Crippen LogP contribution in [0.5, 0.6) is 0 Å². The topological polar surface area (TPSA) is 91.7 Å². The number of carbonyl (C=O) groups is 1. The maximum absolute atomic E-state index is 12.4. The normalized spacial score (nSPS) is 19.0. The van der Waals surface area contributed by atoms with Gasteiger partial charge in [0.05, 0.1) is 30.2 Å². The number of aromatic amines is 1. The lowest BCUT2D eigenvalue weighted by molar-refractivity contribution is -0.118. The molecule has 2 aromatic rings. The molecule has 0 spiro atoms. The molecule has 1 aliphatic rings. The number of likely N-dealkylation sites (tertiary alicyclic amines) is 1. The molecule has 8 heteroatoms. The molecule has 1 fully saturated rings. The van der Waals surface area contributed by atoms with Crippen LogP contribution < -0.4 is 5.32 Å². The molecule has 3 heterocycles. The smallest absolute Gasteiger partial charge is 0.238 e. The summed E-state index contributed by atoms with van der Waals surface area (Å²) in [7, 11) is 0. The largest absolute Gasteiger partial charge is 0.322 e. The van der Waals surface area contributed by atoms with E-state index in [-0.39, 0.29) is 5.91 Å². The van der Waals surface area contributed by atoms with Crippen LogP contribution in [0, 0.1) is 13.8 Å². The molecule has 1 aliphatic heterocycles. The highest BCUT2D eigenvalue weighted by atomic mass is 16.2. The lowest BCUT2D eigenvalue weighted by Gasteiger charge is -2.35. The van der Waals surface area contributed by atoms with E-state index >= 15 is 0 Å². The van der Waals surface area contributed by atoms with Crippen LogP contribution in [-0.2, 0) is 11.3 Å². The van der Waals surface area contributed by atoms with Crippen molar-refractivity contribution in [2.24, 2.45) is 0 Å². The number of aromatic nitrogens is 5. The van der Waals surface area contributed by atoms with E-state index in [1.54, 1.807) is 12.7 Å². The third kappa shape index (κ3) is 3.76. The fourth-order valence-electron chi connectivity index (χ4n) is 3.12. The summed E-state index contributed by atoms with van der Waals surface area (Å²) in [5, 5.41) is 14.1. The summed E-state index contributed by atoms with van der Waals surface area (Å²) in [6, 6.07) is 0.322. The van der Waals surface area contributed by atoms with E-state index < -0.39 is 0 Å². The van der Waals surface area contributed by atoms with Gasteiger partial charge < -0.3 is 5.32 Å². The van der Waals surface area contributed by atoms with Gasteiger partial charge in [-0.15, -0.1) is 0 Å². The van der Waals surface area contributed by atoms with Crippen molar-refractivity contribution in [1.29, 1.82) is 0 Å². The summed E-state index contributed by atoms with van der Waals surface area (Å²) >= 11 is 0. The van der Waals surface area contributed by atoms with Crippen molar-refractivity contribution in [2.45, 2.75) is 45.7 Å². The molecule has 1 saturated heterocycles. The minimum absolute atomic E-state index is 0.00286. The Balaban J connectivity index is 1.61. The Bertz CT molecular complexity index is 629. The van der Waals surface area contributed by atoms with Crippen molar-refractivity contribution in [1.82, 2.24) is 29.9 Å². The molecular weight excluding hydrogens is 294 g/mol. The van der Waals surface area contributed by atoms with Crippen LogP contribution in [0.2, 0.25) is 0 Å². The van der Waals surface area contributed by atoms with Gasteiger partial charge in [0.1, 0.15) is 12.7 Å². The van der Waals surface area contributed by atoms with Gasteiger partial charge in [0.2, 0.25) is 5.91 Å². The number of hydrogen-bond acceptors (Lipinski definition) is 5. The molecule has 3 rings (SSSR count). The van der Waals surface area contributed by atoms with Gasteiger partial charge in [-0.3, -0.25) is 19.5 Å². The molecule has 0 aliphatic carbocycles. The molecule has 0 aromatic carbocycles. The van der Waals surface area contributed by atoms with Crippen LogP contribution in [0.3, 0.4) is 0 Å². The molecule has 0 saturated carbocycles. The van der Waals surface area contributed by atoms with Crippen LogP contribution in [0.15, 0.2) is 12.7 Å². The van der Waals surface area contributed by atoms with Gasteiger partial charge in [0.15, 0.2) is 0 Å². The summed E-state index contributed by atoms with van der Waals surface area (Å²) in [5.41, 5.74) is 2.49. The van der Waals surface area contributed by atoms with Crippen LogP contribution in [-0.4, -0.2) is 54.9 Å². The number of aryl methyl sites for hydroxylation is 2. The van der Waals surface area contributed by atoms with Crippen LogP contribution in [0.25, 0.3) is 0 Å². The first-order valence-electron chi connectivity index (χ1n) is 8.01. The van der Waals surface area contributed by atoms with Gasteiger partial charge in [-0.25, -0.2) is 4.98 Å². The summed E-state index contributed by atoms with van der Waals surface area (Å²) in [4.78, 5) is 18.6. The van der Waals surface area contributed by atoms with E-state index in [1.807, 2.05) is 18.5 Å². The van der Waals surface area contributed by atoms with E-state index in [9.17, 15) is 4.79 Å². The maximum atomic E-state index is 12.4. The zero-order chi connectivity index (χ0) is 16.2. The molecule has 2 N–H and O–H groups in total. The number of amides is 1. The van der Waals surface area contributed by atoms with Gasteiger partial charge >= 0.3 is 0 Å². The predicted octanol–water partition coefficient (Wildman–Crippen LogP) is 1.11. The van der Waals surface area contributed by atoms with Gasteiger partial charge in [-0.1, -0.05) is 6.42 Å². The highest BCUT2D eigenvalue weighted by molar-refractivity contribution is 5.93. The van der Waals surface area contributed by atoms with E-state index in [0.717, 1.165) is 43.0 Å². The Morgan fingerprint density at radius 1 is 1.43 bits per heavy atom. The zero-order valence-corrected chi connectivity index (χ0v) is 13.6. The second-order valence-corrected chi connectivity index (χ2v) is 6.09. The molecule has 124 valence electrons. The number of nitrogens with one attached hydrogen (secondary N) is 2. The number of rotatable bonds is 5. The highest BCUT2D eigenvalue weighted by Gasteiger charge is 2.25. The monoisotopic (exact) mass is 317 g/mol. The first-order chi connectivity index (χ1) is 11.1. The lowest BCUT2D eigenvalue weighted by atomic mass is 10.0. The SMILES string of the molecule is Cc1n[nH]c(C)c1NC(=O)CN1CCCC[C@H]1Cn1cncn1. The summed E-state index contributed by atoms with van der Waals surface area (Å²) in [5.74, 6) is 0.00286. The van der Waals surface area contributed by atoms with Gasteiger partial charge in [-0.05, 0) is 33.2 Å². The Labute approximate surface area is 135 Å². The number of anilines is 1. The fraction of sp³-hybridized carbons (Fsp3) is 0.600. The Morgan fingerprint density at radius 2 is 2.30 bits per heavy atom. The van der Waals surface area contributed by atoms with Gasteiger partial charge in [0, 0.05) is 6.04 Å². The minimum atomic E-state index is 0.00286. The second-order valence-electron chi connectivity index (χ2n) is 6.09. The summed E-state index contributed by atoms with van der Waals surface area (Å²) in [6.07, 6.45) is 6.68. The number of hydrogen-bond donors (Lipinski definition) is 2. The Kier molecular flexibility index (Phi) is 4.71. The van der Waals surface area contributed by atoms with Crippen LogP contribution >= 0.6 is 0 Å². The summed E-state index contributed by atoms with van der Waals surface area (Å²) < 4.78 is 1.84. The predicted molar refractivity (Wildman–Crippen MR) is 85.9 cm³/mol. The standard InChI is InChI=1S/C15H23N7O/c1-11-15(12(2)20-19-11)18-14(23)8-21-6-4-3-5-13(21)7-22-10-16-9-17-22/h9-10,13H,3-8H2,1-2H3,(H,18,23)(H,19,20)/t13-/m0/s1. The van der Waals surface area contributed by atoms with E-state index in [1.165, 1.54) is 6.42 Å². The van der Waals surface area contributed by atoms with Crippen molar-refractivity contribution in [3.05, 3.63) is 24.0 Å². The average Bonchev–Trinajstić information content (AvgIpc) is 3.14. The molecule has 0 bridgehead atoms. The van der Waals surface area contributed by atoms with E-state index in [2.05, 4.69) is 30.5 Å². The minimum Gasteiger partial charge on any atom is -0.322 e. The third-order valence-corrected chi connectivity index (χ3v) is 4.35. The molecule has 8 nitrogen and oxygen atoms in total. The molecular formula is C15H23N7O. The van der Waals surface area contributed by atoms with Crippen molar-refractivity contribution in [3.63, 3.8) is 0 Å². The maximum Gasteiger partial charge on any atom is 0.238 e. The average molecular weight is 317 g/mol. The van der Waals surface area contributed by atoms with Crippen molar-refractivity contribution in [2.75, 3.05) is 18.4 Å². The fourth-order valence-corrected chi connectivity index (χ4v) is 3.12.